The van der Waals surface area contributed by atoms with Crippen LogP contribution in [0.3, 0.4) is 0 Å². The third kappa shape index (κ3) is 17.5. The first kappa shape index (κ1) is 95.7. The summed E-state index contributed by atoms with van der Waals surface area (Å²) < 4.78 is 151. The first-order chi connectivity index (χ1) is 65.0. The molecule has 20 heterocycles. The van der Waals surface area contributed by atoms with Crippen molar-refractivity contribution in [2.75, 3.05) is 94.2 Å². The van der Waals surface area contributed by atoms with Gasteiger partial charge in [-0.15, -0.1) is 0 Å². The highest BCUT2D eigenvalue weighted by Gasteiger charge is 2.55. The molecule has 5 aliphatic rings. The van der Waals surface area contributed by atoms with E-state index < -0.39 is 83.6 Å². The molecule has 0 aliphatic carbocycles. The Morgan fingerprint density at radius 3 is 1.13 bits per heavy atom. The maximum absolute atomic E-state index is 14.4. The van der Waals surface area contributed by atoms with Gasteiger partial charge in [-0.1, -0.05) is 29.8 Å². The number of nitriles is 5. The highest BCUT2D eigenvalue weighted by molar-refractivity contribution is 7.90. The summed E-state index contributed by atoms with van der Waals surface area (Å²) in [6.07, 6.45) is 31.7. The lowest BCUT2D eigenvalue weighted by Crippen LogP contribution is -2.64. The molecule has 5 saturated heterocycles. The van der Waals surface area contributed by atoms with Crippen LogP contribution in [0.4, 0.5) is 10.2 Å². The second-order valence-electron chi connectivity index (χ2n) is 33.7. The van der Waals surface area contributed by atoms with Crippen LogP contribution in [0, 0.1) is 76.0 Å². The summed E-state index contributed by atoms with van der Waals surface area (Å²) in [6.45, 7) is 19.8. The molecule has 702 valence electrons. The summed E-state index contributed by atoms with van der Waals surface area (Å²) in [5.74, 6) is 0.0700. The molecule has 15 aromatic heterocycles. The molecule has 40 nitrogen and oxygen atoms in total. The number of hydrogen-bond acceptors (Lipinski definition) is 24. The van der Waals surface area contributed by atoms with Crippen molar-refractivity contribution in [3.63, 3.8) is 0 Å². The standard InChI is InChI=1S/C19H18N6O2S.C18H20N6O2S.2C17H17ClN6O2S.C17H17FN6O2S/c1-3-28(26,27)24-12-19(13-24,6-7-20)25-11-14(10-17(25)21-2)15-4-8-22-18-16(15)5-9-23-18;1-3-27(25,26)23-11-18(12-23,5-6-19)24-10-14(9-22-24)16-13(2)8-21-17-15(16)4-7-20-17;1-2-27(25,26)23-10-17(11-23,5-6-19)24-9-14(15(18)22-24)12-3-7-20-16-13(12)4-8-21-16;2*1-2-27(25,26)23-10-17(11-23,4-5-19)24-9-12(7-22-24)15-13-3-6-20-16(13)21-8-14(15)18/h4-5,8-11H,3,6,12-13H2,1H3,(H,22,23);4,7-10H,3,5,11-12H2,1-2H3,(H,20,21);3-4,7-9H,2,5,10-11H2,1H3,(H,20,21);2*3,6-9H,2,4,10-11H2,1H3,(H,20,21). The van der Waals surface area contributed by atoms with Crippen LogP contribution < -0.4 is 0 Å². The fourth-order valence-electron chi connectivity index (χ4n) is 17.8. The Morgan fingerprint density at radius 2 is 0.728 bits per heavy atom. The summed E-state index contributed by atoms with van der Waals surface area (Å²) in [6, 6.07) is 25.8. The number of hydrogen-bond donors (Lipinski definition) is 5. The Balaban J connectivity index is 0.000000123. The van der Waals surface area contributed by atoms with E-state index in [0.29, 0.717) is 38.2 Å². The molecule has 0 aromatic carbocycles. The Hall–Kier alpha value is -13.4. The van der Waals surface area contributed by atoms with Crippen LogP contribution >= 0.6 is 23.2 Å². The van der Waals surface area contributed by atoms with E-state index in [4.69, 9.17) is 29.8 Å². The largest absolute Gasteiger partial charge is 0.364 e. The number of nitrogens with one attached hydrogen (secondary N) is 5. The number of sulfonamides is 5. The number of H-pyrrole nitrogens is 5. The van der Waals surface area contributed by atoms with E-state index in [0.717, 1.165) is 100 Å². The number of rotatable bonds is 25. The maximum atomic E-state index is 14.4. The molecule has 5 aliphatic heterocycles. The highest BCUT2D eigenvalue weighted by atomic mass is 35.5. The molecule has 15 aromatic rings. The van der Waals surface area contributed by atoms with Gasteiger partial charge in [0.1, 0.15) is 61.7 Å². The van der Waals surface area contributed by atoms with Crippen molar-refractivity contribution in [1.82, 2.24) is 115 Å². The molecule has 0 saturated carbocycles. The Bertz CT molecular complexity index is 7580. The summed E-state index contributed by atoms with van der Waals surface area (Å²) in [4.78, 5) is 40.1. The number of aromatic nitrogens is 19. The van der Waals surface area contributed by atoms with Gasteiger partial charge in [0.05, 0.1) is 140 Å². The van der Waals surface area contributed by atoms with Crippen molar-refractivity contribution < 1.29 is 46.5 Å². The van der Waals surface area contributed by atoms with E-state index >= 15 is 0 Å². The third-order valence-electron chi connectivity index (χ3n) is 25.6. The van der Waals surface area contributed by atoms with Crippen LogP contribution in [0.15, 0.2) is 160 Å². The second-order valence-corrected chi connectivity index (χ2v) is 45.8. The quantitative estimate of drug-likeness (QED) is 0.0332. The van der Waals surface area contributed by atoms with E-state index in [1.165, 1.54) is 27.7 Å². The molecule has 0 amide bonds. The summed E-state index contributed by atoms with van der Waals surface area (Å²) in [7, 11) is -16.5. The van der Waals surface area contributed by atoms with E-state index in [-0.39, 0.29) is 126 Å². The zero-order valence-electron chi connectivity index (χ0n) is 74.1. The Labute approximate surface area is 791 Å². The van der Waals surface area contributed by atoms with Gasteiger partial charge in [0.15, 0.2) is 5.15 Å². The fourth-order valence-corrected chi connectivity index (χ4v) is 24.5. The topological polar surface area (TPSA) is 530 Å². The number of nitrogens with zero attached hydrogens (tertiary/aromatic N) is 25. The molecule has 0 spiro atoms. The van der Waals surface area contributed by atoms with Crippen LogP contribution in [0.5, 0.6) is 0 Å². The third-order valence-corrected chi connectivity index (χ3v) is 35.0. The minimum Gasteiger partial charge on any atom is -0.364 e. The lowest BCUT2D eigenvalue weighted by molar-refractivity contribution is 0.0719. The highest BCUT2D eigenvalue weighted by Crippen LogP contribution is 2.46. The van der Waals surface area contributed by atoms with E-state index in [2.05, 4.69) is 105 Å². The average molecular weight is 1980 g/mol. The average Bonchev–Trinajstić information content (AvgIpc) is 1.83. The predicted octanol–water partition coefficient (Wildman–Crippen LogP) is 11.4. The number of fused-ring (bicyclic) bond motifs is 5. The minimum atomic E-state index is -3.32. The molecule has 5 N–H and O–H groups in total. The molecule has 0 bridgehead atoms. The predicted molar refractivity (Wildman–Crippen MR) is 506 cm³/mol. The lowest BCUT2D eigenvalue weighted by Gasteiger charge is -2.47. The summed E-state index contributed by atoms with van der Waals surface area (Å²) in [5.41, 5.74) is 9.02. The maximum Gasteiger partial charge on any atom is 0.231 e. The van der Waals surface area contributed by atoms with Gasteiger partial charge in [-0.2, -0.15) is 68.2 Å². The van der Waals surface area contributed by atoms with Crippen LogP contribution in [-0.2, 0) is 77.8 Å². The van der Waals surface area contributed by atoms with Crippen LogP contribution in [-0.4, -0.2) is 251 Å². The molecule has 5 fully saturated rings. The van der Waals surface area contributed by atoms with Gasteiger partial charge in [0, 0.05) is 204 Å². The van der Waals surface area contributed by atoms with Crippen molar-refractivity contribution >= 4 is 134 Å². The summed E-state index contributed by atoms with van der Waals surface area (Å²) >= 11 is 12.8. The van der Waals surface area contributed by atoms with Gasteiger partial charge in [-0.3, -0.25) is 23.3 Å². The number of halogens is 3. The van der Waals surface area contributed by atoms with Gasteiger partial charge in [-0.25, -0.2) is 71.4 Å². The van der Waals surface area contributed by atoms with Gasteiger partial charge >= 0.3 is 0 Å². The van der Waals surface area contributed by atoms with Gasteiger partial charge < -0.3 is 29.8 Å². The van der Waals surface area contributed by atoms with Gasteiger partial charge in [0.25, 0.3) is 0 Å². The molecule has 0 radical (unpaired) electrons. The fraction of sp³-hybridized carbons (Fsp3) is 0.352. The van der Waals surface area contributed by atoms with Crippen molar-refractivity contribution in [3.8, 4) is 86.0 Å². The molecule has 136 heavy (non-hydrogen) atoms. The zero-order valence-corrected chi connectivity index (χ0v) is 79.7. The van der Waals surface area contributed by atoms with E-state index in [9.17, 15) is 72.8 Å². The molecule has 20 rings (SSSR count). The molecule has 0 unspecified atom stereocenters. The van der Waals surface area contributed by atoms with E-state index in [1.807, 2.05) is 80.5 Å². The monoisotopic (exact) mass is 1970 g/mol. The smallest absolute Gasteiger partial charge is 0.231 e. The minimum absolute atomic E-state index is 0.00763. The number of aryl methyl sites for hydroxylation is 1. The molecule has 48 heteroatoms. The van der Waals surface area contributed by atoms with E-state index in [1.54, 1.807) is 132 Å². The normalized spacial score (nSPS) is 16.8. The van der Waals surface area contributed by atoms with Gasteiger partial charge in [-0.05, 0) is 107 Å². The Kier molecular flexibility index (Phi) is 26.3. The van der Waals surface area contributed by atoms with Crippen LogP contribution in [0.25, 0.3) is 116 Å². The number of aromatic amines is 5. The van der Waals surface area contributed by atoms with Gasteiger partial charge in [0.2, 0.25) is 55.9 Å². The SMILES string of the molecule is CCS(=O)(=O)N1CC(CC#N)(n2cc(-c3c(C)cnc4[nH]ccc34)cn2)C1.CCS(=O)(=O)N1CC(CC#N)(n2cc(-c3c(Cl)cnc4[nH]ccc34)cn2)C1.CCS(=O)(=O)N1CC(CC#N)(n2cc(-c3c(F)cnc4[nH]ccc34)cn2)C1.CCS(=O)(=O)N1CC(CC#N)(n2cc(-c3ccnc4[nH]ccc34)c(Cl)n2)C1.[C-]#[N+]c1cc(-c2ccnc3[nH]ccc23)cn1C1(CC#N)CN(S(=O)(=O)CC)C1. The number of pyridine rings is 5. The Morgan fingerprint density at radius 1 is 0.397 bits per heavy atom. The van der Waals surface area contributed by atoms with Crippen LogP contribution in [0.1, 0.15) is 72.3 Å². The van der Waals surface area contributed by atoms with Crippen LogP contribution in [0.2, 0.25) is 10.2 Å². The first-order valence-electron chi connectivity index (χ1n) is 42.8. The van der Waals surface area contributed by atoms with Crippen molar-refractivity contribution in [3.05, 3.63) is 193 Å². The van der Waals surface area contributed by atoms with Crippen molar-refractivity contribution in [2.45, 2.75) is 101 Å². The zero-order chi connectivity index (χ0) is 96.9. The molecular formula is C88H89Cl2FN30O10S5. The lowest BCUT2D eigenvalue weighted by atomic mass is 9.88. The van der Waals surface area contributed by atoms with Crippen molar-refractivity contribution in [2.24, 2.45) is 0 Å². The molecular weight excluding hydrogens is 1890 g/mol. The first-order valence-corrected chi connectivity index (χ1v) is 51.6. The second kappa shape index (κ2) is 37.3. The molecule has 0 atom stereocenters. The van der Waals surface area contributed by atoms with Crippen molar-refractivity contribution in [1.29, 1.82) is 26.3 Å². The summed E-state index contributed by atoms with van der Waals surface area (Å²) in [5, 5.41) is 69.2.